The minimum absolute atomic E-state index is 0.129. The summed E-state index contributed by atoms with van der Waals surface area (Å²) in [5, 5.41) is 2.92. The maximum absolute atomic E-state index is 13.5. The van der Waals surface area contributed by atoms with Gasteiger partial charge in [-0.1, -0.05) is 12.1 Å². The van der Waals surface area contributed by atoms with Gasteiger partial charge in [0.05, 0.1) is 5.56 Å². The number of rotatable bonds is 2. The topological polar surface area (TPSA) is 32.3 Å². The second kappa shape index (κ2) is 5.48. The van der Waals surface area contributed by atoms with Crippen LogP contribution in [0.1, 0.15) is 30.1 Å². The molecule has 1 aliphatic heterocycles. The highest BCUT2D eigenvalue weighted by Gasteiger charge is 2.24. The van der Waals surface area contributed by atoms with Crippen LogP contribution < -0.4 is 5.32 Å². The molecule has 1 N–H and O–H groups in total. The third kappa shape index (κ3) is 2.88. The molecule has 2 unspecified atom stereocenters. The van der Waals surface area contributed by atoms with E-state index in [0.717, 1.165) is 19.4 Å². The van der Waals surface area contributed by atoms with Gasteiger partial charge >= 0.3 is 0 Å². The Hall–Kier alpha value is -1.42. The Bertz CT molecular complexity index is 436. The van der Waals surface area contributed by atoms with Crippen LogP contribution in [0.2, 0.25) is 0 Å². The van der Waals surface area contributed by atoms with Crippen molar-refractivity contribution in [1.29, 1.82) is 0 Å². The van der Waals surface area contributed by atoms with Crippen molar-refractivity contribution in [3.05, 3.63) is 35.6 Å². The van der Waals surface area contributed by atoms with E-state index >= 15 is 0 Å². The van der Waals surface area contributed by atoms with E-state index in [1.54, 1.807) is 12.1 Å². The molecule has 18 heavy (non-hydrogen) atoms. The van der Waals surface area contributed by atoms with E-state index in [0.29, 0.717) is 6.04 Å². The predicted molar refractivity (Wildman–Crippen MR) is 69.0 cm³/mol. The molecule has 1 fully saturated rings. The number of nitrogens with one attached hydrogen (secondary N) is 1. The number of carbonyl (C=O) groups excluding carboxylic acids is 1. The summed E-state index contributed by atoms with van der Waals surface area (Å²) in [6.07, 6.45) is 1.83. The lowest BCUT2D eigenvalue weighted by molar-refractivity contribution is 0.0892. The van der Waals surface area contributed by atoms with E-state index in [9.17, 15) is 9.18 Å². The molecule has 0 saturated carbocycles. The molecule has 0 aromatic heterocycles. The first-order valence-electron chi connectivity index (χ1n) is 6.33. The Labute approximate surface area is 107 Å². The number of carbonyl (C=O) groups is 1. The molecule has 0 bridgehead atoms. The number of hydrogen-bond donors (Lipinski definition) is 1. The average molecular weight is 250 g/mol. The Balaban J connectivity index is 1.98. The smallest absolute Gasteiger partial charge is 0.254 e. The third-order valence-corrected chi connectivity index (χ3v) is 3.66. The van der Waals surface area contributed by atoms with Gasteiger partial charge in [-0.2, -0.15) is 0 Å². The number of benzene rings is 1. The van der Waals surface area contributed by atoms with Crippen molar-refractivity contribution in [2.75, 3.05) is 13.6 Å². The molecule has 1 aromatic carbocycles. The van der Waals surface area contributed by atoms with Crippen LogP contribution in [0.25, 0.3) is 0 Å². The van der Waals surface area contributed by atoms with E-state index in [4.69, 9.17) is 0 Å². The maximum atomic E-state index is 13.5. The summed E-state index contributed by atoms with van der Waals surface area (Å²) in [6, 6.07) is 6.68. The summed E-state index contributed by atoms with van der Waals surface area (Å²) in [6.45, 7) is 3.10. The Kier molecular flexibility index (Phi) is 3.97. The maximum Gasteiger partial charge on any atom is 0.254 e. The van der Waals surface area contributed by atoms with E-state index in [1.165, 1.54) is 12.1 Å². The van der Waals surface area contributed by atoms with Gasteiger partial charge in [0.25, 0.3) is 5.91 Å². The van der Waals surface area contributed by atoms with Crippen LogP contribution in [0.4, 0.5) is 4.39 Å². The van der Waals surface area contributed by atoms with Gasteiger partial charge in [-0.3, -0.25) is 4.79 Å². The SMILES string of the molecule is CC1CC(NC(=O)c2ccccc2F)CCN1C. The van der Waals surface area contributed by atoms with Gasteiger partial charge in [-0.15, -0.1) is 0 Å². The van der Waals surface area contributed by atoms with Crippen LogP contribution in [0.15, 0.2) is 24.3 Å². The summed E-state index contributed by atoms with van der Waals surface area (Å²) >= 11 is 0. The highest BCUT2D eigenvalue weighted by molar-refractivity contribution is 5.94. The number of piperidine rings is 1. The summed E-state index contributed by atoms with van der Waals surface area (Å²) in [5.41, 5.74) is 0.129. The first-order chi connectivity index (χ1) is 8.58. The van der Waals surface area contributed by atoms with Crippen LogP contribution in [0, 0.1) is 5.82 Å². The van der Waals surface area contributed by atoms with Crippen LogP contribution in [0.3, 0.4) is 0 Å². The van der Waals surface area contributed by atoms with E-state index < -0.39 is 5.82 Å². The zero-order valence-electron chi connectivity index (χ0n) is 10.8. The number of nitrogens with zero attached hydrogens (tertiary/aromatic N) is 1. The summed E-state index contributed by atoms with van der Waals surface area (Å²) < 4.78 is 13.5. The van der Waals surface area contributed by atoms with Crippen molar-refractivity contribution in [1.82, 2.24) is 10.2 Å². The van der Waals surface area contributed by atoms with Crippen molar-refractivity contribution in [3.8, 4) is 0 Å². The van der Waals surface area contributed by atoms with E-state index in [2.05, 4.69) is 24.2 Å². The summed E-state index contributed by atoms with van der Waals surface area (Å²) in [4.78, 5) is 14.2. The van der Waals surface area contributed by atoms with E-state index in [1.807, 2.05) is 0 Å². The lowest BCUT2D eigenvalue weighted by atomic mass is 9.98. The molecular weight excluding hydrogens is 231 g/mol. The van der Waals surface area contributed by atoms with Crippen LogP contribution in [-0.4, -0.2) is 36.5 Å². The van der Waals surface area contributed by atoms with Gasteiger partial charge in [0, 0.05) is 18.6 Å². The largest absolute Gasteiger partial charge is 0.349 e. The second-order valence-corrected chi connectivity index (χ2v) is 5.00. The van der Waals surface area contributed by atoms with Gasteiger partial charge in [-0.05, 0) is 38.9 Å². The van der Waals surface area contributed by atoms with Gasteiger partial charge < -0.3 is 10.2 Å². The van der Waals surface area contributed by atoms with E-state index in [-0.39, 0.29) is 17.5 Å². The van der Waals surface area contributed by atoms with Crippen LogP contribution in [-0.2, 0) is 0 Å². The monoisotopic (exact) mass is 250 g/mol. The molecule has 4 heteroatoms. The zero-order chi connectivity index (χ0) is 13.1. The van der Waals surface area contributed by atoms with Crippen molar-refractivity contribution < 1.29 is 9.18 Å². The second-order valence-electron chi connectivity index (χ2n) is 5.00. The lowest BCUT2D eigenvalue weighted by Gasteiger charge is -2.35. The molecule has 1 heterocycles. The molecule has 2 atom stereocenters. The number of amides is 1. The fourth-order valence-corrected chi connectivity index (χ4v) is 2.33. The van der Waals surface area contributed by atoms with Gasteiger partial charge in [-0.25, -0.2) is 4.39 Å². The molecule has 1 amide bonds. The Morgan fingerprint density at radius 2 is 2.17 bits per heavy atom. The molecular formula is C14H19FN2O. The minimum atomic E-state index is -0.462. The quantitative estimate of drug-likeness (QED) is 0.871. The third-order valence-electron chi connectivity index (χ3n) is 3.66. The van der Waals surface area contributed by atoms with Crippen molar-refractivity contribution in [3.63, 3.8) is 0 Å². The molecule has 0 radical (unpaired) electrons. The number of likely N-dealkylation sites (tertiary alicyclic amines) is 1. The molecule has 0 spiro atoms. The Morgan fingerprint density at radius 1 is 1.44 bits per heavy atom. The molecule has 1 aromatic rings. The highest BCUT2D eigenvalue weighted by atomic mass is 19.1. The van der Waals surface area contributed by atoms with Crippen molar-refractivity contribution in [2.45, 2.75) is 31.8 Å². The van der Waals surface area contributed by atoms with Gasteiger partial charge in [0.1, 0.15) is 5.82 Å². The highest BCUT2D eigenvalue weighted by Crippen LogP contribution is 2.16. The van der Waals surface area contributed by atoms with Crippen molar-refractivity contribution in [2.24, 2.45) is 0 Å². The number of halogens is 1. The molecule has 1 saturated heterocycles. The first-order valence-corrected chi connectivity index (χ1v) is 6.33. The molecule has 98 valence electrons. The minimum Gasteiger partial charge on any atom is -0.349 e. The molecule has 2 rings (SSSR count). The van der Waals surface area contributed by atoms with Crippen molar-refractivity contribution >= 4 is 5.91 Å². The predicted octanol–water partition coefficient (Wildman–Crippen LogP) is 2.04. The standard InChI is InChI=1S/C14H19FN2O/c1-10-9-11(7-8-17(10)2)16-14(18)12-5-3-4-6-13(12)15/h3-6,10-11H,7-9H2,1-2H3,(H,16,18). The zero-order valence-corrected chi connectivity index (χ0v) is 10.8. The summed E-state index contributed by atoms with van der Waals surface area (Å²) in [5.74, 6) is -0.772. The first kappa shape index (κ1) is 13.0. The fourth-order valence-electron chi connectivity index (χ4n) is 2.33. The lowest BCUT2D eigenvalue weighted by Crippen LogP contribution is -2.47. The molecule has 0 aliphatic carbocycles. The number of hydrogen-bond acceptors (Lipinski definition) is 2. The average Bonchev–Trinajstić information content (AvgIpc) is 2.34. The van der Waals surface area contributed by atoms with Crippen LogP contribution >= 0.6 is 0 Å². The van der Waals surface area contributed by atoms with Gasteiger partial charge in [0.2, 0.25) is 0 Å². The van der Waals surface area contributed by atoms with Gasteiger partial charge in [0.15, 0.2) is 0 Å². The normalized spacial score (nSPS) is 24.8. The van der Waals surface area contributed by atoms with Crippen LogP contribution in [0.5, 0.6) is 0 Å². The molecule has 1 aliphatic rings. The summed E-state index contributed by atoms with van der Waals surface area (Å²) in [7, 11) is 2.08. The fraction of sp³-hybridized carbons (Fsp3) is 0.500. The Morgan fingerprint density at radius 3 is 2.83 bits per heavy atom. The molecule has 3 nitrogen and oxygen atoms in total.